The van der Waals surface area contributed by atoms with Gasteiger partial charge in [0.25, 0.3) is 0 Å². The molecule has 0 aromatic heterocycles. The minimum Gasteiger partial charge on any atom is -0.464 e. The van der Waals surface area contributed by atoms with E-state index in [0.29, 0.717) is 6.42 Å². The number of esters is 1. The molecule has 0 saturated heterocycles. The topological polar surface area (TPSA) is 113 Å². The highest BCUT2D eigenvalue weighted by atomic mass is 31.2. The number of hydrogen-bond donors (Lipinski definition) is 3. The van der Waals surface area contributed by atoms with Crippen molar-refractivity contribution in [3.05, 3.63) is 12.2 Å². The molecule has 0 rings (SSSR count). The van der Waals surface area contributed by atoms with Gasteiger partial charge in [0.2, 0.25) is 0 Å². The van der Waals surface area contributed by atoms with Gasteiger partial charge in [0.15, 0.2) is 6.10 Å². The van der Waals surface area contributed by atoms with Crippen LogP contribution in [-0.2, 0) is 18.6 Å². The van der Waals surface area contributed by atoms with E-state index >= 15 is 0 Å². The van der Waals surface area contributed by atoms with Crippen molar-refractivity contribution in [1.29, 1.82) is 0 Å². The second-order valence-corrected chi connectivity index (χ2v) is 8.62. The molecule has 0 aromatic rings. The van der Waals surface area contributed by atoms with Crippen LogP contribution in [0.3, 0.4) is 0 Å². The van der Waals surface area contributed by atoms with Gasteiger partial charge in [0.1, 0.15) is 0 Å². The van der Waals surface area contributed by atoms with Crippen LogP contribution in [0.5, 0.6) is 0 Å². The third kappa shape index (κ3) is 21.8. The van der Waals surface area contributed by atoms with Crippen molar-refractivity contribution < 1.29 is 33.5 Å². The number of hydrogen-bond acceptors (Lipinski definition) is 5. The molecule has 7 nitrogen and oxygen atoms in total. The first-order valence-electron chi connectivity index (χ1n) is 11.1. The van der Waals surface area contributed by atoms with Crippen LogP contribution in [0.2, 0.25) is 0 Å². The molecule has 8 heteroatoms. The first-order chi connectivity index (χ1) is 13.9. The lowest BCUT2D eigenvalue weighted by atomic mass is 10.1. The molecule has 0 aliphatic rings. The van der Waals surface area contributed by atoms with Gasteiger partial charge in [-0.25, -0.2) is 9.36 Å². The Labute approximate surface area is 176 Å². The van der Waals surface area contributed by atoms with E-state index in [9.17, 15) is 14.5 Å². The fraction of sp³-hybridized carbons (Fsp3) is 0.857. The summed E-state index contributed by atoms with van der Waals surface area (Å²) in [6.07, 6.45) is 18.1. The number of aliphatic hydroxyl groups is 1. The van der Waals surface area contributed by atoms with Gasteiger partial charge in [-0.2, -0.15) is 0 Å². The van der Waals surface area contributed by atoms with Crippen LogP contribution in [0.4, 0.5) is 0 Å². The van der Waals surface area contributed by atoms with Gasteiger partial charge < -0.3 is 19.6 Å². The molecule has 0 bridgehead atoms. The van der Waals surface area contributed by atoms with Crippen molar-refractivity contribution in [3.8, 4) is 0 Å². The molecule has 0 amide bonds. The highest BCUT2D eigenvalue weighted by molar-refractivity contribution is 7.46. The lowest BCUT2D eigenvalue weighted by Crippen LogP contribution is -2.23. The molecular weight excluding hydrogens is 395 g/mol. The van der Waals surface area contributed by atoms with E-state index in [2.05, 4.69) is 23.6 Å². The Morgan fingerprint density at radius 1 is 0.862 bits per heavy atom. The van der Waals surface area contributed by atoms with Crippen molar-refractivity contribution in [2.45, 2.75) is 103 Å². The molecule has 0 radical (unpaired) electrons. The number of carbonyl (C=O) groups excluding carboxylic acids is 1. The molecule has 172 valence electrons. The maximum Gasteiger partial charge on any atom is 0.469 e. The average Bonchev–Trinajstić information content (AvgIpc) is 2.66. The normalized spacial score (nSPS) is 13.1. The van der Waals surface area contributed by atoms with Crippen LogP contribution < -0.4 is 0 Å². The lowest BCUT2D eigenvalue weighted by molar-refractivity contribution is -0.154. The summed E-state index contributed by atoms with van der Waals surface area (Å²) in [6.45, 7) is 1.99. The van der Waals surface area contributed by atoms with Gasteiger partial charge >= 0.3 is 13.8 Å². The van der Waals surface area contributed by atoms with Gasteiger partial charge in [0.05, 0.1) is 13.2 Å². The number of aliphatic hydroxyl groups excluding tert-OH is 1. The molecule has 0 unspecified atom stereocenters. The molecule has 0 saturated carbocycles. The zero-order valence-corrected chi connectivity index (χ0v) is 18.9. The van der Waals surface area contributed by atoms with E-state index in [4.69, 9.17) is 14.5 Å². The minimum atomic E-state index is -4.48. The van der Waals surface area contributed by atoms with Gasteiger partial charge in [-0.1, -0.05) is 70.4 Å². The SMILES string of the molecule is CCCCCCCC/C=C\CCCCCC[C@@H](O)C(=O)OCCCOP(=O)(O)O. The summed E-state index contributed by atoms with van der Waals surface area (Å²) in [5.74, 6) is -0.696. The predicted octanol–water partition coefficient (Wildman–Crippen LogP) is 5.04. The van der Waals surface area contributed by atoms with E-state index in [-0.39, 0.29) is 19.6 Å². The molecule has 0 aromatic carbocycles. The third-order valence-corrected chi connectivity index (χ3v) is 5.07. The maximum absolute atomic E-state index is 11.6. The first-order valence-corrected chi connectivity index (χ1v) is 12.6. The number of phosphoric ester groups is 1. The number of allylic oxidation sites excluding steroid dienone is 2. The van der Waals surface area contributed by atoms with E-state index in [1.54, 1.807) is 0 Å². The highest BCUT2D eigenvalue weighted by Gasteiger charge is 2.16. The van der Waals surface area contributed by atoms with Crippen LogP contribution in [0.25, 0.3) is 0 Å². The quantitative estimate of drug-likeness (QED) is 0.106. The zero-order chi connectivity index (χ0) is 21.8. The van der Waals surface area contributed by atoms with Crippen molar-refractivity contribution in [3.63, 3.8) is 0 Å². The van der Waals surface area contributed by atoms with E-state index < -0.39 is 19.9 Å². The molecule has 0 aliphatic heterocycles. The smallest absolute Gasteiger partial charge is 0.464 e. The number of ether oxygens (including phenoxy) is 1. The van der Waals surface area contributed by atoms with Gasteiger partial charge in [-0.3, -0.25) is 4.52 Å². The Kier molecular flexibility index (Phi) is 18.8. The zero-order valence-electron chi connectivity index (χ0n) is 18.0. The second kappa shape index (κ2) is 19.3. The van der Waals surface area contributed by atoms with Crippen LogP contribution in [0, 0.1) is 0 Å². The number of rotatable bonds is 20. The Morgan fingerprint density at radius 2 is 1.41 bits per heavy atom. The van der Waals surface area contributed by atoms with E-state index in [1.807, 2.05) is 0 Å². The minimum absolute atomic E-state index is 0.0407. The Hall–Kier alpha value is -0.720. The predicted molar refractivity (Wildman–Crippen MR) is 114 cm³/mol. The fourth-order valence-electron chi connectivity index (χ4n) is 2.86. The second-order valence-electron chi connectivity index (χ2n) is 7.38. The van der Waals surface area contributed by atoms with Crippen LogP contribution in [-0.4, -0.2) is 40.2 Å². The molecule has 0 fully saturated rings. The van der Waals surface area contributed by atoms with E-state index in [0.717, 1.165) is 32.1 Å². The number of phosphoric acid groups is 1. The fourth-order valence-corrected chi connectivity index (χ4v) is 3.23. The van der Waals surface area contributed by atoms with E-state index in [1.165, 1.54) is 44.9 Å². The monoisotopic (exact) mass is 436 g/mol. The Bertz CT molecular complexity index is 462. The molecule has 0 heterocycles. The lowest BCUT2D eigenvalue weighted by Gasteiger charge is -2.11. The molecule has 0 aliphatic carbocycles. The molecule has 29 heavy (non-hydrogen) atoms. The largest absolute Gasteiger partial charge is 0.469 e. The van der Waals surface area contributed by atoms with Crippen LogP contribution in [0.1, 0.15) is 96.8 Å². The van der Waals surface area contributed by atoms with Crippen molar-refractivity contribution >= 4 is 13.8 Å². The summed E-state index contributed by atoms with van der Waals surface area (Å²) in [5, 5.41) is 9.75. The molecule has 1 atom stereocenters. The summed E-state index contributed by atoms with van der Waals surface area (Å²) in [5.41, 5.74) is 0. The van der Waals surface area contributed by atoms with Crippen molar-refractivity contribution in [2.24, 2.45) is 0 Å². The Morgan fingerprint density at radius 3 is 2.00 bits per heavy atom. The molecule has 0 spiro atoms. The number of carbonyl (C=O) groups is 1. The average molecular weight is 437 g/mol. The van der Waals surface area contributed by atoms with Crippen molar-refractivity contribution in [1.82, 2.24) is 0 Å². The highest BCUT2D eigenvalue weighted by Crippen LogP contribution is 2.35. The molecular formula is C21H41O7P. The van der Waals surface area contributed by atoms with Crippen LogP contribution in [0.15, 0.2) is 12.2 Å². The third-order valence-electron chi connectivity index (χ3n) is 4.55. The summed E-state index contributed by atoms with van der Waals surface area (Å²) in [4.78, 5) is 28.6. The Balaban J connectivity index is 3.43. The van der Waals surface area contributed by atoms with Gasteiger partial charge in [-0.15, -0.1) is 0 Å². The summed E-state index contributed by atoms with van der Waals surface area (Å²) >= 11 is 0. The molecule has 3 N–H and O–H groups in total. The standard InChI is InChI=1S/C21H41O7P/c1-2-3-4-5-6-7-8-9-10-11-12-13-14-15-17-20(22)21(23)27-18-16-19-28-29(24,25)26/h9-10,20,22H,2-8,11-19H2,1H3,(H2,24,25,26)/b10-9-/t20-/m1/s1. The summed E-state index contributed by atoms with van der Waals surface area (Å²) in [7, 11) is -4.48. The van der Waals surface area contributed by atoms with Gasteiger partial charge in [-0.05, 0) is 32.1 Å². The van der Waals surface area contributed by atoms with Gasteiger partial charge in [0, 0.05) is 6.42 Å². The van der Waals surface area contributed by atoms with Crippen molar-refractivity contribution in [2.75, 3.05) is 13.2 Å². The maximum atomic E-state index is 11.6. The summed E-state index contributed by atoms with van der Waals surface area (Å²) in [6, 6.07) is 0. The summed E-state index contributed by atoms with van der Waals surface area (Å²) < 4.78 is 19.6. The number of unbranched alkanes of at least 4 members (excludes halogenated alkanes) is 10. The van der Waals surface area contributed by atoms with Crippen LogP contribution >= 0.6 is 7.82 Å². The first kappa shape index (κ1) is 28.3.